The molecule has 5 nitrogen and oxygen atoms in total. The molecule has 1 aromatic rings. The molecule has 0 fully saturated rings. The first-order valence-electron chi connectivity index (χ1n) is 5.89. The van der Waals surface area contributed by atoms with E-state index in [0.717, 1.165) is 5.69 Å². The van der Waals surface area contributed by atoms with Crippen molar-refractivity contribution >= 4 is 41.6 Å². The van der Waals surface area contributed by atoms with Crippen molar-refractivity contribution in [3.63, 3.8) is 0 Å². The number of nitrogens with one attached hydrogen (secondary N) is 1. The smallest absolute Gasteiger partial charge is 0.307 e. The highest BCUT2D eigenvalue weighted by molar-refractivity contribution is 14.0. The molecule has 0 radical (unpaired) electrons. The Labute approximate surface area is 130 Å². The van der Waals surface area contributed by atoms with Gasteiger partial charge in [-0.05, 0) is 26.0 Å². The van der Waals surface area contributed by atoms with Crippen molar-refractivity contribution in [2.75, 3.05) is 11.9 Å². The second kappa shape index (κ2) is 9.60. The summed E-state index contributed by atoms with van der Waals surface area (Å²) in [4.78, 5) is 15.3. The molecule has 106 valence electrons. The monoisotopic (exact) mass is 377 g/mol. The summed E-state index contributed by atoms with van der Waals surface area (Å²) in [6, 6.07) is 9.48. The van der Waals surface area contributed by atoms with E-state index < -0.39 is 0 Å². The fraction of sp³-hybridized carbons (Fsp3) is 0.385. The number of carbonyl (C=O) groups excluding carboxylic acids is 1. The third kappa shape index (κ3) is 8.41. The van der Waals surface area contributed by atoms with Crippen LogP contribution in [0.15, 0.2) is 35.3 Å². The maximum Gasteiger partial charge on any atom is 0.307 e. The average Bonchev–Trinajstić information content (AvgIpc) is 2.29. The molecule has 0 aliphatic carbocycles. The lowest BCUT2D eigenvalue weighted by Crippen LogP contribution is -2.23. The molecule has 0 aromatic heterocycles. The van der Waals surface area contributed by atoms with Crippen molar-refractivity contribution in [1.82, 2.24) is 0 Å². The van der Waals surface area contributed by atoms with E-state index in [1.807, 2.05) is 44.2 Å². The zero-order valence-corrected chi connectivity index (χ0v) is 13.5. The maximum atomic E-state index is 11.2. The number of hydrogen-bond acceptors (Lipinski definition) is 3. The predicted octanol–water partition coefficient (Wildman–Crippen LogP) is 2.37. The first-order valence-corrected chi connectivity index (χ1v) is 5.89. The molecule has 0 aliphatic rings. The Morgan fingerprint density at radius 3 is 2.58 bits per heavy atom. The zero-order valence-electron chi connectivity index (χ0n) is 11.1. The molecule has 1 rings (SSSR count). The summed E-state index contributed by atoms with van der Waals surface area (Å²) in [6.07, 6.45) is 0.135. The maximum absolute atomic E-state index is 11.2. The molecule has 0 bridgehead atoms. The number of para-hydroxylation sites is 1. The summed E-state index contributed by atoms with van der Waals surface area (Å²) in [5.41, 5.74) is 6.54. The normalized spacial score (nSPS) is 10.8. The van der Waals surface area contributed by atoms with E-state index in [1.165, 1.54) is 0 Å². The summed E-state index contributed by atoms with van der Waals surface area (Å²) in [6.45, 7) is 3.94. The van der Waals surface area contributed by atoms with Crippen LogP contribution in [0.2, 0.25) is 0 Å². The Morgan fingerprint density at radius 1 is 1.37 bits per heavy atom. The van der Waals surface area contributed by atoms with E-state index in [4.69, 9.17) is 10.5 Å². The fourth-order valence-electron chi connectivity index (χ4n) is 1.30. The lowest BCUT2D eigenvalue weighted by atomic mass is 10.3. The first kappa shape index (κ1) is 17.7. The van der Waals surface area contributed by atoms with Gasteiger partial charge in [-0.15, -0.1) is 24.0 Å². The molecule has 0 atom stereocenters. The molecular formula is C13H20IN3O2. The van der Waals surface area contributed by atoms with Crippen molar-refractivity contribution in [2.24, 2.45) is 10.7 Å². The van der Waals surface area contributed by atoms with E-state index in [1.54, 1.807) is 0 Å². The Balaban J connectivity index is 0.00000324. The number of halogens is 1. The molecule has 0 aliphatic heterocycles. The van der Waals surface area contributed by atoms with E-state index in [2.05, 4.69) is 10.3 Å². The van der Waals surface area contributed by atoms with Gasteiger partial charge in [-0.1, -0.05) is 18.2 Å². The van der Waals surface area contributed by atoms with E-state index >= 15 is 0 Å². The highest BCUT2D eigenvalue weighted by atomic mass is 127. The van der Waals surface area contributed by atoms with Crippen LogP contribution < -0.4 is 11.1 Å². The lowest BCUT2D eigenvalue weighted by molar-refractivity contribution is -0.147. The molecule has 6 heteroatoms. The van der Waals surface area contributed by atoms with Crippen LogP contribution in [0.4, 0.5) is 5.69 Å². The van der Waals surface area contributed by atoms with Gasteiger partial charge in [-0.25, -0.2) is 0 Å². The topological polar surface area (TPSA) is 76.7 Å². The Kier molecular flexibility index (Phi) is 8.94. The van der Waals surface area contributed by atoms with Gasteiger partial charge in [0.2, 0.25) is 0 Å². The SMILES string of the molecule is CC(C)OC(=O)CCN=C(N)Nc1ccccc1.I. The largest absolute Gasteiger partial charge is 0.463 e. The number of hydrogen-bond donors (Lipinski definition) is 2. The number of esters is 1. The van der Waals surface area contributed by atoms with Gasteiger partial charge in [0.25, 0.3) is 0 Å². The summed E-state index contributed by atoms with van der Waals surface area (Å²) >= 11 is 0. The van der Waals surface area contributed by atoms with Crippen LogP contribution in [-0.2, 0) is 9.53 Å². The molecule has 19 heavy (non-hydrogen) atoms. The number of ether oxygens (including phenoxy) is 1. The third-order valence-electron chi connectivity index (χ3n) is 2.01. The summed E-state index contributed by atoms with van der Waals surface area (Å²) < 4.78 is 4.98. The number of guanidine groups is 1. The van der Waals surface area contributed by atoms with Crippen LogP contribution in [0, 0.1) is 0 Å². The van der Waals surface area contributed by atoms with Gasteiger partial charge in [-0.3, -0.25) is 9.79 Å². The van der Waals surface area contributed by atoms with Crippen molar-refractivity contribution < 1.29 is 9.53 Å². The van der Waals surface area contributed by atoms with Crippen LogP contribution in [0.3, 0.4) is 0 Å². The van der Waals surface area contributed by atoms with Gasteiger partial charge in [0.15, 0.2) is 5.96 Å². The average molecular weight is 377 g/mol. The number of rotatable bonds is 5. The third-order valence-corrected chi connectivity index (χ3v) is 2.01. The van der Waals surface area contributed by atoms with Crippen LogP contribution in [-0.4, -0.2) is 24.6 Å². The lowest BCUT2D eigenvalue weighted by Gasteiger charge is -2.07. The van der Waals surface area contributed by atoms with Gasteiger partial charge >= 0.3 is 5.97 Å². The minimum absolute atomic E-state index is 0. The van der Waals surface area contributed by atoms with E-state index in [-0.39, 0.29) is 42.5 Å². The van der Waals surface area contributed by atoms with Crippen LogP contribution in [0.1, 0.15) is 20.3 Å². The fourth-order valence-corrected chi connectivity index (χ4v) is 1.30. The Bertz CT molecular complexity index is 408. The highest BCUT2D eigenvalue weighted by Crippen LogP contribution is 2.03. The molecule has 0 heterocycles. The zero-order chi connectivity index (χ0) is 13.4. The number of carbonyl (C=O) groups is 1. The molecule has 0 saturated heterocycles. The van der Waals surface area contributed by atoms with Crippen molar-refractivity contribution in [1.29, 1.82) is 0 Å². The van der Waals surface area contributed by atoms with Crippen LogP contribution >= 0.6 is 24.0 Å². The van der Waals surface area contributed by atoms with Crippen LogP contribution in [0.5, 0.6) is 0 Å². The van der Waals surface area contributed by atoms with Gasteiger partial charge in [-0.2, -0.15) is 0 Å². The second-order valence-electron chi connectivity index (χ2n) is 4.05. The van der Waals surface area contributed by atoms with Crippen molar-refractivity contribution in [2.45, 2.75) is 26.4 Å². The molecule has 3 N–H and O–H groups in total. The number of aliphatic imine (C=N–C) groups is 1. The number of anilines is 1. The van der Waals surface area contributed by atoms with Gasteiger partial charge < -0.3 is 15.8 Å². The van der Waals surface area contributed by atoms with Crippen molar-refractivity contribution in [3.05, 3.63) is 30.3 Å². The predicted molar refractivity (Wildman–Crippen MR) is 87.8 cm³/mol. The summed E-state index contributed by atoms with van der Waals surface area (Å²) in [5, 5.41) is 2.93. The van der Waals surface area contributed by atoms with E-state index in [9.17, 15) is 4.79 Å². The van der Waals surface area contributed by atoms with Gasteiger partial charge in [0.05, 0.1) is 19.1 Å². The molecule has 0 amide bonds. The van der Waals surface area contributed by atoms with Gasteiger partial charge in [0, 0.05) is 5.69 Å². The Morgan fingerprint density at radius 2 is 2.00 bits per heavy atom. The van der Waals surface area contributed by atoms with Gasteiger partial charge in [0.1, 0.15) is 0 Å². The standard InChI is InChI=1S/C13H19N3O2.HI/c1-10(2)18-12(17)8-9-15-13(14)16-11-6-4-3-5-7-11;/h3-7,10H,8-9H2,1-2H3,(H3,14,15,16);1H. The summed E-state index contributed by atoms with van der Waals surface area (Å²) in [7, 11) is 0. The number of benzene rings is 1. The van der Waals surface area contributed by atoms with Crippen LogP contribution in [0.25, 0.3) is 0 Å². The summed E-state index contributed by atoms with van der Waals surface area (Å²) in [5.74, 6) is 0.0276. The number of nitrogens with two attached hydrogens (primary N) is 1. The molecule has 1 aromatic carbocycles. The quantitative estimate of drug-likeness (QED) is 0.358. The van der Waals surface area contributed by atoms with E-state index in [0.29, 0.717) is 12.5 Å². The molecule has 0 spiro atoms. The second-order valence-corrected chi connectivity index (χ2v) is 4.05. The molecule has 0 saturated carbocycles. The Hall–Kier alpha value is -1.31. The number of nitrogens with zero attached hydrogens (tertiary/aromatic N) is 1. The highest BCUT2D eigenvalue weighted by Gasteiger charge is 2.04. The first-order chi connectivity index (χ1) is 8.58. The van der Waals surface area contributed by atoms with Crippen molar-refractivity contribution in [3.8, 4) is 0 Å². The minimum atomic E-state index is -0.263. The molecular weight excluding hydrogens is 357 g/mol. The molecule has 0 unspecified atom stereocenters. The minimum Gasteiger partial charge on any atom is -0.463 e.